The Hall–Kier alpha value is -1.36. The highest BCUT2D eigenvalue weighted by atomic mass is 127. The van der Waals surface area contributed by atoms with E-state index in [1.54, 1.807) is 29.7 Å². The van der Waals surface area contributed by atoms with E-state index in [1.807, 2.05) is 25.1 Å². The number of nitrogens with one attached hydrogen (secondary N) is 1. The largest absolute Gasteiger partial charge is 0.388 e. The Labute approximate surface area is 159 Å². The van der Waals surface area contributed by atoms with Gasteiger partial charge in [-0.15, -0.1) is 24.0 Å². The van der Waals surface area contributed by atoms with Gasteiger partial charge in [0.1, 0.15) is 6.54 Å². The molecule has 1 amide bonds. The average molecular weight is 450 g/mol. The zero-order valence-electron chi connectivity index (χ0n) is 14.7. The smallest absolute Gasteiger partial charge is 0.246 e. The van der Waals surface area contributed by atoms with Gasteiger partial charge in [0.25, 0.3) is 0 Å². The number of aliphatic hydroxyl groups is 1. The molecule has 1 aliphatic rings. The van der Waals surface area contributed by atoms with E-state index in [2.05, 4.69) is 15.4 Å². The average Bonchev–Trinajstić information content (AvgIpc) is 2.94. The Morgan fingerprint density at radius 2 is 2.21 bits per heavy atom. The van der Waals surface area contributed by atoms with Crippen LogP contribution < -0.4 is 10.2 Å². The number of rotatable bonds is 4. The van der Waals surface area contributed by atoms with Gasteiger partial charge in [-0.1, -0.05) is 6.92 Å². The van der Waals surface area contributed by atoms with Crippen molar-refractivity contribution >= 4 is 41.5 Å². The summed E-state index contributed by atoms with van der Waals surface area (Å²) in [5, 5.41) is 17.3. The van der Waals surface area contributed by atoms with Gasteiger partial charge in [-0.2, -0.15) is 5.10 Å². The molecule has 0 aromatic carbocycles. The lowest BCUT2D eigenvalue weighted by atomic mass is 10.0. The van der Waals surface area contributed by atoms with Crippen molar-refractivity contribution in [3.05, 3.63) is 12.4 Å². The molecular formula is C15H27IN6O2. The van der Waals surface area contributed by atoms with Crippen LogP contribution in [0.5, 0.6) is 0 Å². The third-order valence-corrected chi connectivity index (χ3v) is 4.12. The fraction of sp³-hybridized carbons (Fsp3) is 0.667. The van der Waals surface area contributed by atoms with Crippen LogP contribution in [-0.4, -0.2) is 70.5 Å². The van der Waals surface area contributed by atoms with Gasteiger partial charge >= 0.3 is 0 Å². The molecule has 1 aromatic heterocycles. The Bertz CT molecular complexity index is 586. The van der Waals surface area contributed by atoms with Crippen LogP contribution in [-0.2, 0) is 11.8 Å². The first-order valence-corrected chi connectivity index (χ1v) is 7.83. The maximum atomic E-state index is 12.4. The van der Waals surface area contributed by atoms with E-state index in [-0.39, 0.29) is 36.4 Å². The number of aliphatic imine (C=N–C) groups is 1. The summed E-state index contributed by atoms with van der Waals surface area (Å²) >= 11 is 0. The van der Waals surface area contributed by atoms with E-state index in [0.29, 0.717) is 32.0 Å². The number of aryl methyl sites for hydroxylation is 1. The second-order valence-corrected chi connectivity index (χ2v) is 6.09. The summed E-state index contributed by atoms with van der Waals surface area (Å²) in [5.74, 6) is 0.646. The summed E-state index contributed by atoms with van der Waals surface area (Å²) in [6.07, 6.45) is 4.17. The Balaban J connectivity index is 0.00000288. The van der Waals surface area contributed by atoms with Crippen LogP contribution in [0.25, 0.3) is 0 Å². The molecule has 136 valence electrons. The van der Waals surface area contributed by atoms with E-state index in [1.165, 1.54) is 0 Å². The molecule has 0 bridgehead atoms. The van der Waals surface area contributed by atoms with Gasteiger partial charge in [0.15, 0.2) is 5.96 Å². The maximum absolute atomic E-state index is 12.4. The molecule has 0 aliphatic carbocycles. The number of halogens is 1. The van der Waals surface area contributed by atoms with Crippen molar-refractivity contribution in [3.63, 3.8) is 0 Å². The van der Waals surface area contributed by atoms with Gasteiger partial charge in [-0.25, -0.2) is 0 Å². The molecule has 8 nitrogen and oxygen atoms in total. The SMILES string of the molecule is CCC(C)(O)CNC(=NC)N1CCN(c2cnn(C)c2)C(=O)C1.I. The Kier molecular flexibility index (Phi) is 7.46. The normalized spacial score (nSPS) is 18.2. The number of hydrogen-bond acceptors (Lipinski definition) is 4. The molecule has 1 unspecified atom stereocenters. The van der Waals surface area contributed by atoms with Crippen molar-refractivity contribution in [2.24, 2.45) is 12.0 Å². The number of piperazine rings is 1. The number of carbonyl (C=O) groups excluding carboxylic acids is 1. The zero-order chi connectivity index (χ0) is 17.0. The first-order chi connectivity index (χ1) is 10.9. The van der Waals surface area contributed by atoms with Gasteiger partial charge in [-0.05, 0) is 13.3 Å². The fourth-order valence-corrected chi connectivity index (χ4v) is 2.40. The van der Waals surface area contributed by atoms with Crippen molar-refractivity contribution in [2.45, 2.75) is 25.9 Å². The molecule has 0 saturated carbocycles. The lowest BCUT2D eigenvalue weighted by Gasteiger charge is -2.36. The predicted octanol–water partition coefficient (Wildman–Crippen LogP) is 0.423. The number of guanidine groups is 1. The Morgan fingerprint density at radius 1 is 1.50 bits per heavy atom. The summed E-state index contributed by atoms with van der Waals surface area (Å²) in [7, 11) is 3.51. The summed E-state index contributed by atoms with van der Waals surface area (Å²) in [6.45, 7) is 5.61. The third-order valence-electron chi connectivity index (χ3n) is 4.12. The van der Waals surface area contributed by atoms with E-state index >= 15 is 0 Å². The van der Waals surface area contributed by atoms with Crippen LogP contribution in [0, 0.1) is 0 Å². The minimum Gasteiger partial charge on any atom is -0.388 e. The molecule has 1 atom stereocenters. The van der Waals surface area contributed by atoms with Crippen LogP contribution in [0.1, 0.15) is 20.3 Å². The number of nitrogens with zero attached hydrogens (tertiary/aromatic N) is 5. The number of amides is 1. The van der Waals surface area contributed by atoms with Crippen LogP contribution in [0.15, 0.2) is 17.4 Å². The number of anilines is 1. The topological polar surface area (TPSA) is 86.0 Å². The molecule has 0 radical (unpaired) electrons. The quantitative estimate of drug-likeness (QED) is 0.395. The molecule has 24 heavy (non-hydrogen) atoms. The molecule has 2 rings (SSSR count). The molecule has 1 aliphatic heterocycles. The first-order valence-electron chi connectivity index (χ1n) is 7.83. The predicted molar refractivity (Wildman–Crippen MR) is 105 cm³/mol. The molecule has 1 aromatic rings. The molecule has 9 heteroatoms. The minimum atomic E-state index is -0.794. The van der Waals surface area contributed by atoms with Gasteiger partial charge in [0, 0.05) is 39.9 Å². The molecular weight excluding hydrogens is 423 g/mol. The van der Waals surface area contributed by atoms with Gasteiger partial charge < -0.3 is 20.2 Å². The second kappa shape index (κ2) is 8.65. The van der Waals surface area contributed by atoms with Crippen molar-refractivity contribution in [1.29, 1.82) is 0 Å². The molecule has 2 N–H and O–H groups in total. The number of hydrogen-bond donors (Lipinski definition) is 2. The second-order valence-electron chi connectivity index (χ2n) is 6.09. The van der Waals surface area contributed by atoms with E-state index < -0.39 is 5.60 Å². The van der Waals surface area contributed by atoms with Crippen LogP contribution >= 0.6 is 24.0 Å². The van der Waals surface area contributed by atoms with Crippen molar-refractivity contribution in [2.75, 3.05) is 38.1 Å². The summed E-state index contributed by atoms with van der Waals surface area (Å²) in [6, 6.07) is 0. The van der Waals surface area contributed by atoms with Crippen molar-refractivity contribution < 1.29 is 9.90 Å². The summed E-state index contributed by atoms with van der Waals surface area (Å²) in [4.78, 5) is 20.3. The standard InChI is InChI=1S/C15H26N6O2.HI/c1-5-15(2,23)11-17-14(16-3)20-6-7-21(13(22)10-20)12-8-18-19(4)9-12;/h8-9,23H,5-7,10-11H2,1-4H3,(H,16,17);1H. The highest BCUT2D eigenvalue weighted by Gasteiger charge is 2.28. The van der Waals surface area contributed by atoms with Gasteiger partial charge in [0.05, 0.1) is 17.5 Å². The van der Waals surface area contributed by atoms with E-state index in [4.69, 9.17) is 0 Å². The molecule has 0 spiro atoms. The maximum Gasteiger partial charge on any atom is 0.246 e. The van der Waals surface area contributed by atoms with Crippen LogP contribution in [0.3, 0.4) is 0 Å². The highest BCUT2D eigenvalue weighted by Crippen LogP contribution is 2.16. The third kappa shape index (κ3) is 5.07. The van der Waals surface area contributed by atoms with E-state index in [0.717, 1.165) is 5.69 Å². The van der Waals surface area contributed by atoms with E-state index in [9.17, 15) is 9.90 Å². The summed E-state index contributed by atoms with van der Waals surface area (Å²) < 4.78 is 1.68. The lowest BCUT2D eigenvalue weighted by Crippen LogP contribution is -2.56. The molecule has 2 heterocycles. The van der Waals surface area contributed by atoms with Gasteiger partial charge in [-0.3, -0.25) is 14.5 Å². The number of carbonyl (C=O) groups is 1. The van der Waals surface area contributed by atoms with Crippen molar-refractivity contribution in [3.8, 4) is 0 Å². The Morgan fingerprint density at radius 3 is 2.71 bits per heavy atom. The monoisotopic (exact) mass is 450 g/mol. The van der Waals surface area contributed by atoms with Crippen LogP contribution in [0.2, 0.25) is 0 Å². The first kappa shape index (κ1) is 20.7. The van der Waals surface area contributed by atoms with Gasteiger partial charge in [0.2, 0.25) is 5.91 Å². The zero-order valence-corrected chi connectivity index (χ0v) is 17.0. The summed E-state index contributed by atoms with van der Waals surface area (Å²) in [5.41, 5.74) is 0.0197. The molecule has 1 fully saturated rings. The number of aromatic nitrogens is 2. The van der Waals surface area contributed by atoms with Crippen LogP contribution in [0.4, 0.5) is 5.69 Å². The minimum absolute atomic E-state index is 0. The van der Waals surface area contributed by atoms with Crippen molar-refractivity contribution in [1.82, 2.24) is 20.0 Å². The fourth-order valence-electron chi connectivity index (χ4n) is 2.40. The highest BCUT2D eigenvalue weighted by molar-refractivity contribution is 14.0. The molecule has 1 saturated heterocycles. The lowest BCUT2D eigenvalue weighted by molar-refractivity contribution is -0.120.